The molecule has 0 atom stereocenters. The van der Waals surface area contributed by atoms with Crippen molar-refractivity contribution in [3.8, 4) is 0 Å². The van der Waals surface area contributed by atoms with Crippen LogP contribution in [0.3, 0.4) is 0 Å². The second kappa shape index (κ2) is 3.24. The molecule has 0 bridgehead atoms. The van der Waals surface area contributed by atoms with Crippen LogP contribution in [0.1, 0.15) is 16.1 Å². The smallest absolute Gasteiger partial charge is 0.166 e. The van der Waals surface area contributed by atoms with Gasteiger partial charge in [-0.05, 0) is 30.7 Å². The Morgan fingerprint density at radius 2 is 2.07 bits per heavy atom. The van der Waals surface area contributed by atoms with E-state index < -0.39 is 0 Å². The van der Waals surface area contributed by atoms with Crippen LogP contribution in [0.25, 0.3) is 10.9 Å². The van der Waals surface area contributed by atoms with Gasteiger partial charge in [0.2, 0.25) is 0 Å². The summed E-state index contributed by atoms with van der Waals surface area (Å²) in [6, 6.07) is 6.01. The summed E-state index contributed by atoms with van der Waals surface area (Å²) in [4.78, 5) is 10.7. The molecule has 1 heterocycles. The van der Waals surface area contributed by atoms with Gasteiger partial charge in [-0.2, -0.15) is 0 Å². The lowest BCUT2D eigenvalue weighted by Gasteiger charge is -2.01. The summed E-state index contributed by atoms with van der Waals surface area (Å²) in [7, 11) is 1.90. The maximum Gasteiger partial charge on any atom is 0.166 e. The topological polar surface area (TPSA) is 22.0 Å². The highest BCUT2D eigenvalue weighted by Crippen LogP contribution is 2.25. The number of aryl methyl sites for hydroxylation is 2. The van der Waals surface area contributed by atoms with Crippen molar-refractivity contribution in [1.29, 1.82) is 0 Å². The third kappa shape index (κ3) is 1.28. The number of halogens is 1. The van der Waals surface area contributed by atoms with E-state index in [1.54, 1.807) is 0 Å². The summed E-state index contributed by atoms with van der Waals surface area (Å²) in [6.07, 6.45) is 0.878. The van der Waals surface area contributed by atoms with Crippen LogP contribution in [0.5, 0.6) is 0 Å². The fraction of sp³-hybridized carbons (Fsp3) is 0.182. The number of rotatable bonds is 1. The minimum Gasteiger partial charge on any atom is -0.341 e. The van der Waals surface area contributed by atoms with Gasteiger partial charge in [-0.15, -0.1) is 0 Å². The van der Waals surface area contributed by atoms with Crippen LogP contribution < -0.4 is 0 Å². The van der Waals surface area contributed by atoms with E-state index in [1.165, 1.54) is 5.56 Å². The predicted octanol–water partition coefficient (Wildman–Crippen LogP) is 3.06. The van der Waals surface area contributed by atoms with Crippen molar-refractivity contribution in [2.45, 2.75) is 6.92 Å². The molecule has 14 heavy (non-hydrogen) atoms. The molecule has 1 aromatic carbocycles. The van der Waals surface area contributed by atoms with Gasteiger partial charge >= 0.3 is 0 Å². The molecule has 0 aliphatic carbocycles. The lowest BCUT2D eigenvalue weighted by atomic mass is 10.2. The SMILES string of the molecule is Cc1cc2c(cc1Br)cc(C=O)n2C. The molecule has 0 spiro atoms. The van der Waals surface area contributed by atoms with Gasteiger partial charge in [-0.3, -0.25) is 4.79 Å². The van der Waals surface area contributed by atoms with Gasteiger partial charge in [0, 0.05) is 22.4 Å². The number of aromatic nitrogens is 1. The van der Waals surface area contributed by atoms with E-state index in [-0.39, 0.29) is 0 Å². The maximum atomic E-state index is 10.7. The molecule has 0 saturated heterocycles. The number of carbonyl (C=O) groups is 1. The van der Waals surface area contributed by atoms with E-state index in [0.717, 1.165) is 21.7 Å². The first-order valence-corrected chi connectivity index (χ1v) is 5.13. The minimum atomic E-state index is 0.706. The van der Waals surface area contributed by atoms with Crippen molar-refractivity contribution in [2.75, 3.05) is 0 Å². The van der Waals surface area contributed by atoms with E-state index >= 15 is 0 Å². The van der Waals surface area contributed by atoms with Gasteiger partial charge < -0.3 is 4.57 Å². The molecule has 0 radical (unpaired) electrons. The van der Waals surface area contributed by atoms with Crippen LogP contribution in [-0.2, 0) is 7.05 Å². The zero-order valence-electron chi connectivity index (χ0n) is 8.04. The van der Waals surface area contributed by atoms with Crippen LogP contribution in [0.2, 0.25) is 0 Å². The lowest BCUT2D eigenvalue weighted by Crippen LogP contribution is -1.93. The number of nitrogens with zero attached hydrogens (tertiary/aromatic N) is 1. The Bertz CT molecular complexity index is 513. The van der Waals surface area contributed by atoms with Crippen molar-refractivity contribution in [1.82, 2.24) is 4.57 Å². The monoisotopic (exact) mass is 251 g/mol. The average Bonchev–Trinajstić information content (AvgIpc) is 2.45. The summed E-state index contributed by atoms with van der Waals surface area (Å²) < 4.78 is 2.98. The largest absolute Gasteiger partial charge is 0.341 e. The Balaban J connectivity index is 2.86. The third-order valence-electron chi connectivity index (χ3n) is 2.48. The zero-order valence-corrected chi connectivity index (χ0v) is 9.63. The number of aldehydes is 1. The molecule has 2 aromatic rings. The molecule has 0 unspecified atom stereocenters. The first-order valence-electron chi connectivity index (χ1n) is 4.34. The Morgan fingerprint density at radius 3 is 2.71 bits per heavy atom. The molecule has 0 aliphatic rings. The molecule has 0 amide bonds. The highest BCUT2D eigenvalue weighted by Gasteiger charge is 2.06. The van der Waals surface area contributed by atoms with Crippen LogP contribution in [0, 0.1) is 6.92 Å². The molecule has 2 rings (SSSR count). The van der Waals surface area contributed by atoms with Crippen LogP contribution in [0.15, 0.2) is 22.7 Å². The Hall–Kier alpha value is -1.09. The first kappa shape index (κ1) is 9.46. The molecule has 72 valence electrons. The van der Waals surface area contributed by atoms with E-state index in [9.17, 15) is 4.79 Å². The number of hydrogen-bond acceptors (Lipinski definition) is 1. The standard InChI is InChI=1S/C11H10BrNO/c1-7-3-11-8(5-10(7)12)4-9(6-14)13(11)2/h3-6H,1-2H3. The lowest BCUT2D eigenvalue weighted by molar-refractivity contribution is 0.111. The Morgan fingerprint density at radius 1 is 1.36 bits per heavy atom. The van der Waals surface area contributed by atoms with Gasteiger partial charge in [0.15, 0.2) is 6.29 Å². The van der Waals surface area contributed by atoms with E-state index in [2.05, 4.69) is 22.0 Å². The average molecular weight is 252 g/mol. The van der Waals surface area contributed by atoms with Crippen molar-refractivity contribution < 1.29 is 4.79 Å². The van der Waals surface area contributed by atoms with E-state index in [4.69, 9.17) is 0 Å². The molecular formula is C11H10BrNO. The number of benzene rings is 1. The summed E-state index contributed by atoms with van der Waals surface area (Å²) in [5.74, 6) is 0. The third-order valence-corrected chi connectivity index (χ3v) is 3.34. The Labute approximate surface area is 90.7 Å². The molecule has 0 saturated carbocycles. The first-order chi connectivity index (χ1) is 6.63. The predicted molar refractivity (Wildman–Crippen MR) is 60.7 cm³/mol. The number of hydrogen-bond donors (Lipinski definition) is 0. The summed E-state index contributed by atoms with van der Waals surface area (Å²) in [5, 5.41) is 1.09. The van der Waals surface area contributed by atoms with E-state index in [1.807, 2.05) is 30.7 Å². The molecule has 0 fully saturated rings. The van der Waals surface area contributed by atoms with Gasteiger partial charge in [-0.1, -0.05) is 15.9 Å². The van der Waals surface area contributed by atoms with Crippen molar-refractivity contribution in [3.63, 3.8) is 0 Å². The van der Waals surface area contributed by atoms with Gasteiger partial charge in [0.1, 0.15) is 0 Å². The van der Waals surface area contributed by atoms with Gasteiger partial charge in [-0.25, -0.2) is 0 Å². The van der Waals surface area contributed by atoms with Crippen LogP contribution in [-0.4, -0.2) is 10.9 Å². The Kier molecular flexibility index (Phi) is 2.19. The zero-order chi connectivity index (χ0) is 10.3. The molecule has 0 N–H and O–H groups in total. The summed E-state index contributed by atoms with van der Waals surface area (Å²) in [5.41, 5.74) is 2.97. The van der Waals surface area contributed by atoms with Gasteiger partial charge in [0.05, 0.1) is 5.69 Å². The van der Waals surface area contributed by atoms with Crippen molar-refractivity contribution in [2.24, 2.45) is 7.05 Å². The number of carbonyl (C=O) groups excluding carboxylic acids is 1. The maximum absolute atomic E-state index is 10.7. The van der Waals surface area contributed by atoms with E-state index in [0.29, 0.717) is 5.69 Å². The molecule has 2 nitrogen and oxygen atoms in total. The van der Waals surface area contributed by atoms with Gasteiger partial charge in [0.25, 0.3) is 0 Å². The summed E-state index contributed by atoms with van der Waals surface area (Å²) in [6.45, 7) is 2.04. The van der Waals surface area contributed by atoms with Crippen molar-refractivity contribution >= 4 is 33.1 Å². The fourth-order valence-corrected chi connectivity index (χ4v) is 1.96. The van der Waals surface area contributed by atoms with Crippen LogP contribution >= 0.6 is 15.9 Å². The van der Waals surface area contributed by atoms with Crippen molar-refractivity contribution in [3.05, 3.63) is 33.9 Å². The second-order valence-electron chi connectivity index (χ2n) is 3.41. The normalized spacial score (nSPS) is 10.8. The summed E-state index contributed by atoms with van der Waals surface area (Å²) >= 11 is 3.47. The second-order valence-corrected chi connectivity index (χ2v) is 4.26. The molecular weight excluding hydrogens is 242 g/mol. The number of fused-ring (bicyclic) bond motifs is 1. The quantitative estimate of drug-likeness (QED) is 0.715. The highest BCUT2D eigenvalue weighted by atomic mass is 79.9. The fourth-order valence-electron chi connectivity index (χ4n) is 1.60. The molecule has 1 aromatic heterocycles. The minimum absolute atomic E-state index is 0.706. The highest BCUT2D eigenvalue weighted by molar-refractivity contribution is 9.10. The molecule has 3 heteroatoms. The molecule has 0 aliphatic heterocycles. The van der Waals surface area contributed by atoms with Crippen LogP contribution in [0.4, 0.5) is 0 Å².